The fourth-order valence-corrected chi connectivity index (χ4v) is 2.19. The van der Waals surface area contributed by atoms with Gasteiger partial charge in [0.25, 0.3) is 5.91 Å². The van der Waals surface area contributed by atoms with Crippen molar-refractivity contribution in [3.8, 4) is 17.1 Å². The van der Waals surface area contributed by atoms with Gasteiger partial charge in [-0.15, -0.1) is 0 Å². The van der Waals surface area contributed by atoms with Gasteiger partial charge in [0.2, 0.25) is 0 Å². The van der Waals surface area contributed by atoms with E-state index >= 15 is 0 Å². The maximum Gasteiger partial charge on any atom is 0.278 e. The molecule has 5 heteroatoms. The predicted octanol–water partition coefficient (Wildman–Crippen LogP) is 3.99. The van der Waals surface area contributed by atoms with Crippen LogP contribution in [-0.2, 0) is 0 Å². The fourth-order valence-electron chi connectivity index (χ4n) is 2.19. The van der Waals surface area contributed by atoms with Crippen molar-refractivity contribution in [2.24, 2.45) is 0 Å². The van der Waals surface area contributed by atoms with E-state index in [1.807, 2.05) is 37.3 Å². The number of ether oxygens (including phenoxy) is 1. The van der Waals surface area contributed by atoms with Gasteiger partial charge in [-0.25, -0.2) is 4.98 Å². The highest BCUT2D eigenvalue weighted by Crippen LogP contribution is 2.24. The molecule has 0 spiro atoms. The molecular weight excluding hydrogens is 292 g/mol. The van der Waals surface area contributed by atoms with Crippen LogP contribution in [0, 0.1) is 0 Å². The number of aromatic nitrogens is 1. The van der Waals surface area contributed by atoms with Crippen molar-refractivity contribution in [1.29, 1.82) is 0 Å². The van der Waals surface area contributed by atoms with Gasteiger partial charge in [0.1, 0.15) is 5.75 Å². The molecule has 0 radical (unpaired) electrons. The number of carbonyl (C=O) groups is 1. The van der Waals surface area contributed by atoms with Crippen molar-refractivity contribution in [2.45, 2.75) is 6.92 Å². The first-order valence-corrected chi connectivity index (χ1v) is 7.31. The highest BCUT2D eigenvalue weighted by molar-refractivity contribution is 6.06. The number of rotatable bonds is 5. The molecule has 1 aromatic heterocycles. The molecule has 0 fully saturated rings. The van der Waals surface area contributed by atoms with Crippen LogP contribution in [0.1, 0.15) is 17.4 Å². The van der Waals surface area contributed by atoms with E-state index in [9.17, 15) is 4.79 Å². The second kappa shape index (κ2) is 6.79. The normalized spacial score (nSPS) is 10.3. The van der Waals surface area contributed by atoms with E-state index in [2.05, 4.69) is 10.3 Å². The predicted molar refractivity (Wildman–Crippen MR) is 87.5 cm³/mol. The van der Waals surface area contributed by atoms with Crippen LogP contribution < -0.4 is 10.1 Å². The summed E-state index contributed by atoms with van der Waals surface area (Å²) < 4.78 is 10.7. The number of anilines is 1. The molecule has 0 saturated heterocycles. The average Bonchev–Trinajstić information content (AvgIpc) is 3.07. The molecule has 116 valence electrons. The molecule has 0 aliphatic heterocycles. The molecule has 0 bridgehead atoms. The van der Waals surface area contributed by atoms with Crippen LogP contribution in [0.25, 0.3) is 11.3 Å². The van der Waals surface area contributed by atoms with Crippen LogP contribution in [0.2, 0.25) is 0 Å². The molecule has 2 aromatic carbocycles. The van der Waals surface area contributed by atoms with Crippen molar-refractivity contribution >= 4 is 11.6 Å². The van der Waals surface area contributed by atoms with Crippen molar-refractivity contribution in [2.75, 3.05) is 11.9 Å². The Morgan fingerprint density at radius 1 is 1.13 bits per heavy atom. The summed E-state index contributed by atoms with van der Waals surface area (Å²) in [6.45, 7) is 2.52. The van der Waals surface area contributed by atoms with Gasteiger partial charge in [-0.2, -0.15) is 0 Å². The maximum absolute atomic E-state index is 12.4. The third-order valence-electron chi connectivity index (χ3n) is 3.24. The van der Waals surface area contributed by atoms with Gasteiger partial charge in [-0.05, 0) is 31.2 Å². The lowest BCUT2D eigenvalue weighted by Crippen LogP contribution is -2.13. The zero-order valence-electron chi connectivity index (χ0n) is 12.7. The second-order valence-electron chi connectivity index (χ2n) is 4.81. The summed E-state index contributed by atoms with van der Waals surface area (Å²) in [5.41, 5.74) is 1.73. The molecule has 5 nitrogen and oxygen atoms in total. The standard InChI is InChI=1S/C18H16N2O3/c1-2-22-15-10-8-14(9-11-15)20-18(21)16-17(23-12-19-16)13-6-4-3-5-7-13/h3-12H,2H2,1H3,(H,20,21). The highest BCUT2D eigenvalue weighted by atomic mass is 16.5. The molecule has 0 unspecified atom stereocenters. The van der Waals surface area contributed by atoms with Gasteiger partial charge in [0.15, 0.2) is 17.8 Å². The molecule has 0 saturated carbocycles. The number of amides is 1. The Balaban J connectivity index is 1.78. The van der Waals surface area contributed by atoms with Gasteiger partial charge in [0.05, 0.1) is 6.61 Å². The smallest absolute Gasteiger partial charge is 0.278 e. The third-order valence-corrected chi connectivity index (χ3v) is 3.24. The van der Waals surface area contributed by atoms with Crippen LogP contribution in [-0.4, -0.2) is 17.5 Å². The van der Waals surface area contributed by atoms with Gasteiger partial charge < -0.3 is 14.5 Å². The highest BCUT2D eigenvalue weighted by Gasteiger charge is 2.18. The van der Waals surface area contributed by atoms with E-state index in [4.69, 9.17) is 9.15 Å². The summed E-state index contributed by atoms with van der Waals surface area (Å²) in [6.07, 6.45) is 1.27. The maximum atomic E-state index is 12.4. The van der Waals surface area contributed by atoms with Crippen LogP contribution >= 0.6 is 0 Å². The number of benzene rings is 2. The lowest BCUT2D eigenvalue weighted by Gasteiger charge is -2.06. The second-order valence-corrected chi connectivity index (χ2v) is 4.81. The van der Waals surface area contributed by atoms with Gasteiger partial charge >= 0.3 is 0 Å². The Morgan fingerprint density at radius 3 is 2.57 bits per heavy atom. The Morgan fingerprint density at radius 2 is 1.87 bits per heavy atom. The van der Waals surface area contributed by atoms with Crippen LogP contribution in [0.5, 0.6) is 5.75 Å². The average molecular weight is 308 g/mol. The Kier molecular flexibility index (Phi) is 4.38. The molecule has 23 heavy (non-hydrogen) atoms. The van der Waals surface area contributed by atoms with E-state index in [1.165, 1.54) is 6.39 Å². The number of oxazole rings is 1. The molecule has 1 N–H and O–H groups in total. The fraction of sp³-hybridized carbons (Fsp3) is 0.111. The number of hydrogen-bond acceptors (Lipinski definition) is 4. The Labute approximate surface area is 133 Å². The summed E-state index contributed by atoms with van der Waals surface area (Å²) in [7, 11) is 0. The van der Waals surface area contributed by atoms with Crippen molar-refractivity contribution in [3.63, 3.8) is 0 Å². The lowest BCUT2D eigenvalue weighted by molar-refractivity contribution is 0.102. The molecule has 1 amide bonds. The lowest BCUT2D eigenvalue weighted by atomic mass is 10.1. The van der Waals surface area contributed by atoms with Gasteiger partial charge in [-0.1, -0.05) is 30.3 Å². The molecule has 3 rings (SSSR count). The minimum Gasteiger partial charge on any atom is -0.494 e. The number of nitrogens with one attached hydrogen (secondary N) is 1. The first-order valence-electron chi connectivity index (χ1n) is 7.31. The molecule has 0 aliphatic carbocycles. The van der Waals surface area contributed by atoms with E-state index < -0.39 is 0 Å². The summed E-state index contributed by atoms with van der Waals surface area (Å²) in [6, 6.07) is 16.6. The third kappa shape index (κ3) is 3.40. The van der Waals surface area contributed by atoms with Crippen molar-refractivity contribution < 1.29 is 13.9 Å². The number of carbonyl (C=O) groups excluding carboxylic acids is 1. The van der Waals surface area contributed by atoms with Crippen molar-refractivity contribution in [3.05, 3.63) is 66.7 Å². The molecule has 0 atom stereocenters. The first-order chi connectivity index (χ1) is 11.3. The van der Waals surface area contributed by atoms with E-state index in [0.29, 0.717) is 18.1 Å². The van der Waals surface area contributed by atoms with Gasteiger partial charge in [-0.3, -0.25) is 4.79 Å². The Bertz CT molecular complexity index is 780. The van der Waals surface area contributed by atoms with Gasteiger partial charge in [0, 0.05) is 11.3 Å². The SMILES string of the molecule is CCOc1ccc(NC(=O)c2ncoc2-c2ccccc2)cc1. The zero-order valence-corrected chi connectivity index (χ0v) is 12.7. The largest absolute Gasteiger partial charge is 0.494 e. The number of nitrogens with zero attached hydrogens (tertiary/aromatic N) is 1. The van der Waals surface area contributed by atoms with Crippen LogP contribution in [0.3, 0.4) is 0 Å². The minimum absolute atomic E-state index is 0.255. The first kappa shape index (κ1) is 14.8. The zero-order chi connectivity index (χ0) is 16.1. The summed E-state index contributed by atoms with van der Waals surface area (Å²) in [4.78, 5) is 16.4. The quantitative estimate of drug-likeness (QED) is 0.774. The summed E-state index contributed by atoms with van der Waals surface area (Å²) in [5, 5.41) is 2.81. The topological polar surface area (TPSA) is 64.4 Å². The molecule has 0 aliphatic rings. The Hall–Kier alpha value is -3.08. The van der Waals surface area contributed by atoms with Crippen LogP contribution in [0.15, 0.2) is 65.4 Å². The molecule has 3 aromatic rings. The number of hydrogen-bond donors (Lipinski definition) is 1. The van der Waals surface area contributed by atoms with Crippen LogP contribution in [0.4, 0.5) is 5.69 Å². The van der Waals surface area contributed by atoms with E-state index in [1.54, 1.807) is 24.3 Å². The summed E-state index contributed by atoms with van der Waals surface area (Å²) >= 11 is 0. The van der Waals surface area contributed by atoms with E-state index in [-0.39, 0.29) is 11.6 Å². The van der Waals surface area contributed by atoms with Crippen molar-refractivity contribution in [1.82, 2.24) is 4.98 Å². The summed E-state index contributed by atoms with van der Waals surface area (Å²) in [5.74, 6) is 0.896. The molecular formula is C18H16N2O3. The molecule has 1 heterocycles. The van der Waals surface area contributed by atoms with E-state index in [0.717, 1.165) is 11.3 Å². The minimum atomic E-state index is -0.318. The monoisotopic (exact) mass is 308 g/mol.